The third-order valence-corrected chi connectivity index (χ3v) is 3.31. The highest BCUT2D eigenvalue weighted by Crippen LogP contribution is 2.27. The highest BCUT2D eigenvalue weighted by atomic mass is 19.1. The molecule has 1 nitrogen and oxygen atoms in total. The van der Waals surface area contributed by atoms with E-state index in [1.165, 1.54) is 18.2 Å². The zero-order valence-corrected chi connectivity index (χ0v) is 11.5. The summed E-state index contributed by atoms with van der Waals surface area (Å²) >= 11 is 0. The van der Waals surface area contributed by atoms with E-state index in [0.717, 1.165) is 25.8 Å². The highest BCUT2D eigenvalue weighted by Gasteiger charge is 2.23. The second kappa shape index (κ2) is 7.47. The fraction of sp³-hybridized carbons (Fsp3) is 0.600. The molecule has 0 aromatic heterocycles. The third-order valence-electron chi connectivity index (χ3n) is 3.31. The summed E-state index contributed by atoms with van der Waals surface area (Å²) in [5.74, 6) is -1.04. The van der Waals surface area contributed by atoms with Gasteiger partial charge < -0.3 is 5.32 Å². The summed E-state index contributed by atoms with van der Waals surface area (Å²) in [6, 6.07) is 4.20. The van der Waals surface area contributed by atoms with E-state index in [1.807, 2.05) is 6.92 Å². The largest absolute Gasteiger partial charge is 0.313 e. The molecule has 3 heteroatoms. The molecule has 1 aromatic carbocycles. The van der Waals surface area contributed by atoms with Gasteiger partial charge in [0, 0.05) is 17.5 Å². The Balaban J connectivity index is 2.90. The predicted molar refractivity (Wildman–Crippen MR) is 71.8 cm³/mol. The highest BCUT2D eigenvalue weighted by molar-refractivity contribution is 5.24. The lowest BCUT2D eigenvalue weighted by atomic mass is 9.89. The van der Waals surface area contributed by atoms with Crippen LogP contribution in [0.2, 0.25) is 0 Å². The maximum atomic E-state index is 13.8. The first-order valence-electron chi connectivity index (χ1n) is 6.79. The quantitative estimate of drug-likeness (QED) is 0.768. The summed E-state index contributed by atoms with van der Waals surface area (Å²) in [4.78, 5) is 0. The minimum absolute atomic E-state index is 0.126. The molecule has 1 N–H and O–H groups in total. The molecule has 0 aliphatic rings. The molecule has 2 unspecified atom stereocenters. The van der Waals surface area contributed by atoms with Crippen molar-refractivity contribution in [3.05, 3.63) is 35.4 Å². The van der Waals surface area contributed by atoms with E-state index in [2.05, 4.69) is 19.2 Å². The van der Waals surface area contributed by atoms with E-state index in [0.29, 0.717) is 0 Å². The van der Waals surface area contributed by atoms with Gasteiger partial charge in [0.15, 0.2) is 0 Å². The Hall–Kier alpha value is -0.960. The molecular formula is C15H23F2N. The van der Waals surface area contributed by atoms with E-state index in [4.69, 9.17) is 0 Å². The van der Waals surface area contributed by atoms with Crippen LogP contribution in [0.3, 0.4) is 0 Å². The van der Waals surface area contributed by atoms with Crippen molar-refractivity contribution in [2.45, 2.75) is 52.0 Å². The van der Waals surface area contributed by atoms with Gasteiger partial charge in [0.25, 0.3) is 0 Å². The molecule has 0 saturated carbocycles. The van der Waals surface area contributed by atoms with Gasteiger partial charge in [-0.3, -0.25) is 0 Å². The number of halogens is 2. The SMILES string of the molecule is CCCNC(CCC)C(C)c1c(F)cccc1F. The van der Waals surface area contributed by atoms with Crippen molar-refractivity contribution in [2.75, 3.05) is 6.54 Å². The van der Waals surface area contributed by atoms with E-state index >= 15 is 0 Å². The lowest BCUT2D eigenvalue weighted by Crippen LogP contribution is -2.35. The molecule has 1 rings (SSSR count). The van der Waals surface area contributed by atoms with Crippen LogP contribution in [0.25, 0.3) is 0 Å². The fourth-order valence-electron chi connectivity index (χ4n) is 2.32. The van der Waals surface area contributed by atoms with Crippen LogP contribution in [0.1, 0.15) is 51.5 Å². The average Bonchev–Trinajstić information content (AvgIpc) is 2.34. The molecule has 0 fully saturated rings. The van der Waals surface area contributed by atoms with Gasteiger partial charge in [0.2, 0.25) is 0 Å². The summed E-state index contributed by atoms with van der Waals surface area (Å²) < 4.78 is 27.5. The minimum atomic E-state index is -0.443. The monoisotopic (exact) mass is 255 g/mol. The minimum Gasteiger partial charge on any atom is -0.313 e. The summed E-state index contributed by atoms with van der Waals surface area (Å²) in [7, 11) is 0. The van der Waals surface area contributed by atoms with E-state index in [-0.39, 0.29) is 17.5 Å². The lowest BCUT2D eigenvalue weighted by molar-refractivity contribution is 0.399. The second-order valence-corrected chi connectivity index (χ2v) is 4.77. The van der Waals surface area contributed by atoms with Gasteiger partial charge >= 0.3 is 0 Å². The van der Waals surface area contributed by atoms with E-state index in [9.17, 15) is 8.78 Å². The molecule has 2 atom stereocenters. The van der Waals surface area contributed by atoms with Crippen molar-refractivity contribution >= 4 is 0 Å². The smallest absolute Gasteiger partial charge is 0.129 e. The number of hydrogen-bond acceptors (Lipinski definition) is 1. The van der Waals surface area contributed by atoms with Crippen LogP contribution in [-0.2, 0) is 0 Å². The first-order chi connectivity index (χ1) is 8.61. The predicted octanol–water partition coefficient (Wildman–Crippen LogP) is 4.24. The number of hydrogen-bond donors (Lipinski definition) is 1. The van der Waals surface area contributed by atoms with Crippen LogP contribution in [0.4, 0.5) is 8.78 Å². The van der Waals surface area contributed by atoms with Gasteiger partial charge in [0.1, 0.15) is 11.6 Å². The van der Waals surface area contributed by atoms with E-state index in [1.54, 1.807) is 0 Å². The van der Waals surface area contributed by atoms with Crippen molar-refractivity contribution in [3.63, 3.8) is 0 Å². The molecule has 102 valence electrons. The normalized spacial score (nSPS) is 14.5. The first kappa shape index (κ1) is 15.1. The standard InChI is InChI=1S/C15H23F2N/c1-4-7-14(18-10-5-2)11(3)15-12(16)8-6-9-13(15)17/h6,8-9,11,14,18H,4-5,7,10H2,1-3H3. The molecule has 0 amide bonds. The Labute approximate surface area is 109 Å². The Morgan fingerprint density at radius 3 is 2.22 bits per heavy atom. The Kier molecular flexibility index (Phi) is 6.27. The van der Waals surface area contributed by atoms with Crippen LogP contribution >= 0.6 is 0 Å². The Morgan fingerprint density at radius 1 is 1.11 bits per heavy atom. The van der Waals surface area contributed by atoms with Crippen LogP contribution in [0.15, 0.2) is 18.2 Å². The van der Waals surface area contributed by atoms with Crippen molar-refractivity contribution in [3.8, 4) is 0 Å². The van der Waals surface area contributed by atoms with Crippen molar-refractivity contribution in [2.24, 2.45) is 0 Å². The van der Waals surface area contributed by atoms with Gasteiger partial charge in [-0.05, 0) is 31.5 Å². The van der Waals surface area contributed by atoms with Crippen molar-refractivity contribution < 1.29 is 8.78 Å². The molecule has 0 spiro atoms. The Bertz CT molecular complexity index is 345. The van der Waals surface area contributed by atoms with Crippen molar-refractivity contribution in [1.29, 1.82) is 0 Å². The maximum absolute atomic E-state index is 13.8. The topological polar surface area (TPSA) is 12.0 Å². The van der Waals surface area contributed by atoms with Gasteiger partial charge in [-0.2, -0.15) is 0 Å². The summed E-state index contributed by atoms with van der Waals surface area (Å²) in [6.07, 6.45) is 2.95. The fourth-order valence-corrected chi connectivity index (χ4v) is 2.32. The summed E-state index contributed by atoms with van der Waals surface area (Å²) in [6.45, 7) is 6.95. The lowest BCUT2D eigenvalue weighted by Gasteiger charge is -2.26. The van der Waals surface area contributed by atoms with Crippen LogP contribution in [0, 0.1) is 11.6 Å². The van der Waals surface area contributed by atoms with E-state index < -0.39 is 11.6 Å². The summed E-state index contributed by atoms with van der Waals surface area (Å²) in [5.41, 5.74) is 0.208. The molecule has 1 aromatic rings. The molecule has 0 heterocycles. The van der Waals surface area contributed by atoms with Gasteiger partial charge in [-0.1, -0.05) is 33.3 Å². The van der Waals surface area contributed by atoms with Gasteiger partial charge in [-0.15, -0.1) is 0 Å². The van der Waals surface area contributed by atoms with Crippen LogP contribution in [0.5, 0.6) is 0 Å². The summed E-state index contributed by atoms with van der Waals surface area (Å²) in [5, 5.41) is 3.39. The number of nitrogens with one attached hydrogen (secondary N) is 1. The van der Waals surface area contributed by atoms with Gasteiger partial charge in [-0.25, -0.2) is 8.78 Å². The molecular weight excluding hydrogens is 232 g/mol. The number of benzene rings is 1. The van der Waals surface area contributed by atoms with Gasteiger partial charge in [0.05, 0.1) is 0 Å². The molecule has 0 bridgehead atoms. The molecule has 0 aliphatic carbocycles. The van der Waals surface area contributed by atoms with Crippen molar-refractivity contribution in [1.82, 2.24) is 5.32 Å². The second-order valence-electron chi connectivity index (χ2n) is 4.77. The zero-order chi connectivity index (χ0) is 13.5. The number of rotatable bonds is 7. The molecule has 0 aliphatic heterocycles. The Morgan fingerprint density at radius 2 is 1.72 bits per heavy atom. The first-order valence-corrected chi connectivity index (χ1v) is 6.79. The average molecular weight is 255 g/mol. The molecule has 0 radical (unpaired) electrons. The molecule has 18 heavy (non-hydrogen) atoms. The van der Waals surface area contributed by atoms with Crippen LogP contribution in [-0.4, -0.2) is 12.6 Å². The maximum Gasteiger partial charge on any atom is 0.129 e. The molecule has 0 saturated heterocycles. The third kappa shape index (κ3) is 3.77. The van der Waals surface area contributed by atoms with Crippen LogP contribution < -0.4 is 5.32 Å². The zero-order valence-electron chi connectivity index (χ0n) is 11.5.